The van der Waals surface area contributed by atoms with Crippen LogP contribution < -0.4 is 15.0 Å². The van der Waals surface area contributed by atoms with Gasteiger partial charge in [0.1, 0.15) is 12.4 Å². The number of ether oxygens (including phenoxy) is 1. The molecule has 0 spiro atoms. The number of anilines is 1. The van der Waals surface area contributed by atoms with Crippen molar-refractivity contribution < 1.29 is 9.53 Å². The Bertz CT molecular complexity index is 977. The fourth-order valence-corrected chi connectivity index (χ4v) is 3.78. The van der Waals surface area contributed by atoms with E-state index in [4.69, 9.17) is 16.3 Å². The van der Waals surface area contributed by atoms with E-state index in [2.05, 4.69) is 22.3 Å². The van der Waals surface area contributed by atoms with Gasteiger partial charge in [0.15, 0.2) is 0 Å². The van der Waals surface area contributed by atoms with Crippen molar-refractivity contribution in [2.45, 2.75) is 25.6 Å². The Hall–Kier alpha value is -2.98. The molecule has 0 aliphatic carbocycles. The van der Waals surface area contributed by atoms with E-state index in [0.29, 0.717) is 24.6 Å². The first-order valence-electron chi connectivity index (χ1n) is 9.73. The maximum absolute atomic E-state index is 12.7. The molecule has 1 aliphatic rings. The predicted molar refractivity (Wildman–Crippen MR) is 116 cm³/mol. The van der Waals surface area contributed by atoms with Crippen LogP contribution in [0.15, 0.2) is 78.9 Å². The van der Waals surface area contributed by atoms with Crippen LogP contribution in [0.25, 0.3) is 0 Å². The maximum Gasteiger partial charge on any atom is 0.222 e. The summed E-state index contributed by atoms with van der Waals surface area (Å²) in [5, 5.41) is 3.65. The average Bonchev–Trinajstić information content (AvgIpc) is 2.75. The largest absolute Gasteiger partial charge is 0.489 e. The highest BCUT2D eigenvalue weighted by Gasteiger charge is 2.29. The molecule has 1 atom stereocenters. The summed E-state index contributed by atoms with van der Waals surface area (Å²) in [6.07, 6.45) is 0.353. The van der Waals surface area contributed by atoms with Crippen molar-refractivity contribution in [1.82, 2.24) is 5.32 Å². The highest BCUT2D eigenvalue weighted by molar-refractivity contribution is 6.31. The van der Waals surface area contributed by atoms with Crippen LogP contribution in [-0.4, -0.2) is 18.6 Å². The summed E-state index contributed by atoms with van der Waals surface area (Å²) in [4.78, 5) is 14.9. The number of halogens is 1. The average molecular weight is 407 g/mol. The van der Waals surface area contributed by atoms with Gasteiger partial charge in [-0.3, -0.25) is 4.79 Å². The number of carbonyl (C=O) groups is 1. The molecule has 3 aromatic carbocycles. The van der Waals surface area contributed by atoms with Crippen LogP contribution in [0.1, 0.15) is 17.5 Å². The van der Waals surface area contributed by atoms with Crippen molar-refractivity contribution in [3.63, 3.8) is 0 Å². The molecule has 0 aromatic heterocycles. The summed E-state index contributed by atoms with van der Waals surface area (Å²) in [5.74, 6) is 0.840. The minimum absolute atomic E-state index is 0.0176. The predicted octanol–water partition coefficient (Wildman–Crippen LogP) is 4.81. The summed E-state index contributed by atoms with van der Waals surface area (Å²) in [5.41, 5.74) is 3.13. The molecule has 1 heterocycles. The number of amides is 1. The second-order valence-electron chi connectivity index (χ2n) is 7.12. The lowest BCUT2D eigenvalue weighted by Gasteiger charge is -2.38. The highest BCUT2D eigenvalue weighted by Crippen LogP contribution is 2.35. The van der Waals surface area contributed by atoms with Gasteiger partial charge in [-0.15, -0.1) is 0 Å². The van der Waals surface area contributed by atoms with E-state index in [-0.39, 0.29) is 11.9 Å². The zero-order chi connectivity index (χ0) is 20.1. The molecule has 1 N–H and O–H groups in total. The van der Waals surface area contributed by atoms with Gasteiger partial charge in [0, 0.05) is 18.1 Å². The molecule has 1 amide bonds. The topological polar surface area (TPSA) is 41.6 Å². The number of fused-ring (bicyclic) bond motifs is 1. The van der Waals surface area contributed by atoms with Gasteiger partial charge < -0.3 is 15.0 Å². The van der Waals surface area contributed by atoms with E-state index in [9.17, 15) is 4.79 Å². The van der Waals surface area contributed by atoms with Crippen molar-refractivity contribution in [2.24, 2.45) is 0 Å². The number of hydrogen-bond donors (Lipinski definition) is 1. The summed E-state index contributed by atoms with van der Waals surface area (Å²) >= 11 is 6.19. The summed E-state index contributed by atoms with van der Waals surface area (Å²) in [7, 11) is 0. The Balaban J connectivity index is 1.47. The second kappa shape index (κ2) is 9.01. The third-order valence-corrected chi connectivity index (χ3v) is 5.47. The Kier molecular flexibility index (Phi) is 6.01. The Labute approximate surface area is 176 Å². The molecule has 0 unspecified atom stereocenters. The molecule has 4 nitrogen and oxygen atoms in total. The third kappa shape index (κ3) is 4.72. The molecule has 3 aromatic rings. The van der Waals surface area contributed by atoms with Crippen LogP contribution in [0.5, 0.6) is 5.75 Å². The SMILES string of the molecule is O=C(C[C@H]1COc2ccccc2N1Cc1ccccc1)NCc1ccccc1Cl. The van der Waals surface area contributed by atoms with Crippen LogP contribution in [0.3, 0.4) is 0 Å². The van der Waals surface area contributed by atoms with Gasteiger partial charge in [-0.05, 0) is 29.3 Å². The maximum atomic E-state index is 12.7. The number of carbonyl (C=O) groups excluding carboxylic acids is 1. The number of nitrogens with one attached hydrogen (secondary N) is 1. The van der Waals surface area contributed by atoms with Gasteiger partial charge >= 0.3 is 0 Å². The molecule has 4 rings (SSSR count). The monoisotopic (exact) mass is 406 g/mol. The van der Waals surface area contributed by atoms with Gasteiger partial charge in [0.05, 0.1) is 18.2 Å². The number of benzene rings is 3. The van der Waals surface area contributed by atoms with Crippen LogP contribution in [0.4, 0.5) is 5.69 Å². The molecular weight excluding hydrogens is 384 g/mol. The van der Waals surface area contributed by atoms with Gasteiger partial charge in [0.2, 0.25) is 5.91 Å². The molecule has 0 bridgehead atoms. The minimum Gasteiger partial charge on any atom is -0.489 e. The molecule has 29 heavy (non-hydrogen) atoms. The zero-order valence-corrected chi connectivity index (χ0v) is 16.8. The van der Waals surface area contributed by atoms with Crippen LogP contribution in [0.2, 0.25) is 5.02 Å². The quantitative estimate of drug-likeness (QED) is 0.638. The third-order valence-electron chi connectivity index (χ3n) is 5.10. The van der Waals surface area contributed by atoms with E-state index >= 15 is 0 Å². The molecular formula is C24H23ClN2O2. The van der Waals surface area contributed by atoms with Gasteiger partial charge in [-0.1, -0.05) is 72.3 Å². The number of hydrogen-bond acceptors (Lipinski definition) is 3. The summed E-state index contributed by atoms with van der Waals surface area (Å²) < 4.78 is 5.94. The van der Waals surface area contributed by atoms with Crippen LogP contribution >= 0.6 is 11.6 Å². The van der Waals surface area contributed by atoms with Crippen molar-refractivity contribution >= 4 is 23.2 Å². The molecule has 0 fully saturated rings. The van der Waals surface area contributed by atoms with E-state index in [1.807, 2.05) is 66.7 Å². The zero-order valence-electron chi connectivity index (χ0n) is 16.1. The van der Waals surface area contributed by atoms with E-state index in [1.54, 1.807) is 0 Å². The van der Waals surface area contributed by atoms with E-state index < -0.39 is 0 Å². The lowest BCUT2D eigenvalue weighted by Crippen LogP contribution is -2.45. The molecule has 0 radical (unpaired) electrons. The van der Waals surface area contributed by atoms with Crippen molar-refractivity contribution in [3.05, 3.63) is 95.0 Å². The van der Waals surface area contributed by atoms with Crippen molar-refractivity contribution in [2.75, 3.05) is 11.5 Å². The van der Waals surface area contributed by atoms with Gasteiger partial charge in [-0.2, -0.15) is 0 Å². The lowest BCUT2D eigenvalue weighted by atomic mass is 10.1. The van der Waals surface area contributed by atoms with Crippen LogP contribution in [-0.2, 0) is 17.9 Å². The molecule has 0 saturated carbocycles. The fraction of sp³-hybridized carbons (Fsp3) is 0.208. The van der Waals surface area contributed by atoms with Crippen molar-refractivity contribution in [3.8, 4) is 5.75 Å². The standard InChI is InChI=1S/C24H23ClN2O2/c25-21-11-5-4-10-19(21)15-26-24(28)14-20-17-29-23-13-7-6-12-22(23)27(20)16-18-8-2-1-3-9-18/h1-13,20H,14-17H2,(H,26,28)/t20-/m0/s1. The Morgan fingerprint density at radius 1 is 1.00 bits per heavy atom. The normalized spacial score (nSPS) is 15.3. The second-order valence-corrected chi connectivity index (χ2v) is 7.53. The minimum atomic E-state index is -0.0450. The first-order chi connectivity index (χ1) is 14.2. The first kappa shape index (κ1) is 19.3. The first-order valence-corrected chi connectivity index (χ1v) is 10.1. The smallest absolute Gasteiger partial charge is 0.222 e. The van der Waals surface area contributed by atoms with E-state index in [1.165, 1.54) is 5.56 Å². The number of rotatable bonds is 6. The fourth-order valence-electron chi connectivity index (χ4n) is 3.57. The number of para-hydroxylation sites is 2. The van der Waals surface area contributed by atoms with Gasteiger partial charge in [0.25, 0.3) is 0 Å². The molecule has 1 aliphatic heterocycles. The molecule has 0 saturated heterocycles. The summed E-state index contributed by atoms with van der Waals surface area (Å²) in [6, 6.07) is 25.8. The van der Waals surface area contributed by atoms with Gasteiger partial charge in [-0.25, -0.2) is 0 Å². The number of nitrogens with zero attached hydrogens (tertiary/aromatic N) is 1. The Morgan fingerprint density at radius 2 is 1.72 bits per heavy atom. The van der Waals surface area contributed by atoms with E-state index in [0.717, 1.165) is 23.5 Å². The van der Waals surface area contributed by atoms with Crippen molar-refractivity contribution in [1.29, 1.82) is 0 Å². The highest BCUT2D eigenvalue weighted by atomic mass is 35.5. The van der Waals surface area contributed by atoms with Crippen LogP contribution in [0, 0.1) is 0 Å². The molecule has 5 heteroatoms. The summed E-state index contributed by atoms with van der Waals surface area (Å²) in [6.45, 7) is 1.62. The molecule has 148 valence electrons. The lowest BCUT2D eigenvalue weighted by molar-refractivity contribution is -0.121. The Morgan fingerprint density at radius 3 is 2.55 bits per heavy atom.